The average Bonchev–Trinajstić information content (AvgIpc) is 2.66. The van der Waals surface area contributed by atoms with Crippen molar-refractivity contribution in [2.45, 2.75) is 38.7 Å². The monoisotopic (exact) mass is 377 g/mol. The van der Waals surface area contributed by atoms with Crippen molar-refractivity contribution in [2.24, 2.45) is 0 Å². The van der Waals surface area contributed by atoms with E-state index in [-0.39, 0.29) is 18.6 Å². The number of aryl methyl sites for hydroxylation is 1. The Morgan fingerprint density at radius 1 is 1.19 bits per heavy atom. The molecule has 3 nitrogen and oxygen atoms in total. The van der Waals surface area contributed by atoms with Gasteiger partial charge in [0.05, 0.1) is 18.3 Å². The summed E-state index contributed by atoms with van der Waals surface area (Å²) in [6.45, 7) is 3.18. The number of alkyl halides is 3. The molecule has 1 saturated heterocycles. The first-order valence-corrected chi connectivity index (χ1v) is 8.96. The van der Waals surface area contributed by atoms with Gasteiger partial charge in [-0.3, -0.25) is 4.79 Å². The Kier molecular flexibility index (Phi) is 5.85. The first-order chi connectivity index (χ1) is 12.8. The SMILES string of the molecule is Cc1ccc(C(=O)N2CCC[C@H](OCc3cccc(C(F)(F)F)c3)C2)cc1. The summed E-state index contributed by atoms with van der Waals surface area (Å²) in [7, 11) is 0. The highest BCUT2D eigenvalue weighted by Gasteiger charge is 2.30. The molecule has 3 rings (SSSR count). The molecular formula is C21H22F3NO2. The van der Waals surface area contributed by atoms with Gasteiger partial charge in [-0.15, -0.1) is 0 Å². The fourth-order valence-corrected chi connectivity index (χ4v) is 3.19. The molecule has 2 aromatic rings. The van der Waals surface area contributed by atoms with Gasteiger partial charge in [0.1, 0.15) is 0 Å². The molecule has 1 aliphatic rings. The van der Waals surface area contributed by atoms with Crippen LogP contribution in [-0.2, 0) is 17.5 Å². The number of benzene rings is 2. The Hall–Kier alpha value is -2.34. The summed E-state index contributed by atoms with van der Waals surface area (Å²) >= 11 is 0. The minimum atomic E-state index is -4.36. The Labute approximate surface area is 156 Å². The van der Waals surface area contributed by atoms with Crippen LogP contribution in [-0.4, -0.2) is 30.0 Å². The van der Waals surface area contributed by atoms with Gasteiger partial charge >= 0.3 is 6.18 Å². The lowest BCUT2D eigenvalue weighted by atomic mass is 10.1. The summed E-state index contributed by atoms with van der Waals surface area (Å²) in [6.07, 6.45) is -2.94. The smallest absolute Gasteiger partial charge is 0.372 e. The van der Waals surface area contributed by atoms with E-state index in [9.17, 15) is 18.0 Å². The zero-order chi connectivity index (χ0) is 19.4. The van der Waals surface area contributed by atoms with Gasteiger partial charge < -0.3 is 9.64 Å². The summed E-state index contributed by atoms with van der Waals surface area (Å²) in [4.78, 5) is 14.4. The van der Waals surface area contributed by atoms with Crippen LogP contribution in [0.2, 0.25) is 0 Å². The van der Waals surface area contributed by atoms with E-state index in [4.69, 9.17) is 4.74 Å². The molecule has 0 spiro atoms. The molecule has 1 aliphatic heterocycles. The maximum atomic E-state index is 12.8. The lowest BCUT2D eigenvalue weighted by Crippen LogP contribution is -2.43. The molecule has 0 saturated carbocycles. The molecule has 144 valence electrons. The average molecular weight is 377 g/mol. The number of nitrogens with zero attached hydrogens (tertiary/aromatic N) is 1. The first-order valence-electron chi connectivity index (χ1n) is 8.96. The summed E-state index contributed by atoms with van der Waals surface area (Å²) < 4.78 is 44.2. The van der Waals surface area contributed by atoms with Gasteiger partial charge in [0.2, 0.25) is 0 Å². The largest absolute Gasteiger partial charge is 0.416 e. The highest BCUT2D eigenvalue weighted by Crippen LogP contribution is 2.30. The number of carbonyl (C=O) groups is 1. The molecule has 0 bridgehead atoms. The van der Waals surface area contributed by atoms with E-state index in [1.54, 1.807) is 11.0 Å². The number of piperidine rings is 1. The molecule has 27 heavy (non-hydrogen) atoms. The molecule has 0 radical (unpaired) electrons. The number of amides is 1. The Morgan fingerprint density at radius 3 is 2.63 bits per heavy atom. The van der Waals surface area contributed by atoms with Gasteiger partial charge in [-0.2, -0.15) is 13.2 Å². The number of carbonyl (C=O) groups excluding carboxylic acids is 1. The van der Waals surface area contributed by atoms with Crippen molar-refractivity contribution in [3.8, 4) is 0 Å². The predicted molar refractivity (Wildman–Crippen MR) is 96.3 cm³/mol. The summed E-state index contributed by atoms with van der Waals surface area (Å²) in [5.41, 5.74) is 1.53. The molecule has 1 heterocycles. The maximum Gasteiger partial charge on any atom is 0.416 e. The van der Waals surface area contributed by atoms with Crippen molar-refractivity contribution in [2.75, 3.05) is 13.1 Å². The van der Waals surface area contributed by atoms with Crippen LogP contribution in [0.1, 0.15) is 39.9 Å². The van der Waals surface area contributed by atoms with E-state index < -0.39 is 11.7 Å². The number of likely N-dealkylation sites (tertiary alicyclic amines) is 1. The molecule has 0 aromatic heterocycles. The maximum absolute atomic E-state index is 12.8. The van der Waals surface area contributed by atoms with Gasteiger partial charge in [-0.25, -0.2) is 0 Å². The first kappa shape index (κ1) is 19.4. The molecule has 1 atom stereocenters. The molecule has 1 fully saturated rings. The van der Waals surface area contributed by atoms with Crippen molar-refractivity contribution in [3.05, 3.63) is 70.8 Å². The van der Waals surface area contributed by atoms with Gasteiger partial charge in [0.15, 0.2) is 0 Å². The van der Waals surface area contributed by atoms with Crippen molar-refractivity contribution >= 4 is 5.91 Å². The predicted octanol–water partition coefficient (Wildman–Crippen LogP) is 4.84. The standard InChI is InChI=1S/C21H22F3NO2/c1-15-7-9-17(10-8-15)20(26)25-11-3-6-19(13-25)27-14-16-4-2-5-18(12-16)21(22,23)24/h2,4-5,7-10,12,19H,3,6,11,13-14H2,1H3/t19-/m0/s1. The second-order valence-corrected chi connectivity index (χ2v) is 6.89. The second kappa shape index (κ2) is 8.13. The molecular weight excluding hydrogens is 355 g/mol. The fourth-order valence-electron chi connectivity index (χ4n) is 3.19. The van der Waals surface area contributed by atoms with Crippen LogP contribution in [0.25, 0.3) is 0 Å². The normalized spacial score (nSPS) is 17.8. The van der Waals surface area contributed by atoms with Crippen molar-refractivity contribution in [3.63, 3.8) is 0 Å². The van der Waals surface area contributed by atoms with Crippen LogP contribution in [0, 0.1) is 6.92 Å². The third-order valence-electron chi connectivity index (χ3n) is 4.70. The van der Waals surface area contributed by atoms with E-state index in [0.717, 1.165) is 30.5 Å². The summed E-state index contributed by atoms with van der Waals surface area (Å²) in [6, 6.07) is 12.6. The van der Waals surface area contributed by atoms with E-state index in [1.807, 2.05) is 31.2 Å². The second-order valence-electron chi connectivity index (χ2n) is 6.89. The summed E-state index contributed by atoms with van der Waals surface area (Å²) in [5, 5.41) is 0. The van der Waals surface area contributed by atoms with Crippen LogP contribution in [0.5, 0.6) is 0 Å². The van der Waals surface area contributed by atoms with Crippen LogP contribution >= 0.6 is 0 Å². The van der Waals surface area contributed by atoms with E-state index in [2.05, 4.69) is 0 Å². The minimum Gasteiger partial charge on any atom is -0.372 e. The lowest BCUT2D eigenvalue weighted by Gasteiger charge is -2.32. The van der Waals surface area contributed by atoms with Gasteiger partial charge in [0, 0.05) is 18.7 Å². The third-order valence-corrected chi connectivity index (χ3v) is 4.70. The molecule has 2 aromatic carbocycles. The van der Waals surface area contributed by atoms with Crippen molar-refractivity contribution < 1.29 is 22.7 Å². The number of halogens is 3. The van der Waals surface area contributed by atoms with Crippen molar-refractivity contribution in [1.29, 1.82) is 0 Å². The Balaban J connectivity index is 1.59. The summed E-state index contributed by atoms with van der Waals surface area (Å²) in [5.74, 6) is -0.0395. The molecule has 6 heteroatoms. The Morgan fingerprint density at radius 2 is 1.93 bits per heavy atom. The fraction of sp³-hybridized carbons (Fsp3) is 0.381. The lowest BCUT2D eigenvalue weighted by molar-refractivity contribution is -0.137. The quantitative estimate of drug-likeness (QED) is 0.763. The zero-order valence-electron chi connectivity index (χ0n) is 15.1. The highest BCUT2D eigenvalue weighted by atomic mass is 19.4. The van der Waals surface area contributed by atoms with Gasteiger partial charge in [0.25, 0.3) is 5.91 Å². The van der Waals surface area contributed by atoms with Crippen molar-refractivity contribution in [1.82, 2.24) is 4.90 Å². The Bertz CT molecular complexity index is 787. The van der Waals surface area contributed by atoms with Crippen LogP contribution in [0.15, 0.2) is 48.5 Å². The van der Waals surface area contributed by atoms with Gasteiger partial charge in [-0.1, -0.05) is 29.8 Å². The number of hydrogen-bond donors (Lipinski definition) is 0. The minimum absolute atomic E-state index is 0.0395. The van der Waals surface area contributed by atoms with Gasteiger partial charge in [-0.05, 0) is 49.6 Å². The van der Waals surface area contributed by atoms with Crippen LogP contribution in [0.4, 0.5) is 13.2 Å². The molecule has 1 amide bonds. The molecule has 0 unspecified atom stereocenters. The van der Waals surface area contributed by atoms with E-state index in [1.165, 1.54) is 6.07 Å². The molecule has 0 N–H and O–H groups in total. The number of rotatable bonds is 4. The van der Waals surface area contributed by atoms with Crippen LogP contribution in [0.3, 0.4) is 0 Å². The van der Waals surface area contributed by atoms with Crippen LogP contribution < -0.4 is 0 Å². The highest BCUT2D eigenvalue weighted by molar-refractivity contribution is 5.94. The topological polar surface area (TPSA) is 29.5 Å². The number of hydrogen-bond acceptors (Lipinski definition) is 2. The van der Waals surface area contributed by atoms with E-state index >= 15 is 0 Å². The zero-order valence-corrected chi connectivity index (χ0v) is 15.1. The third kappa shape index (κ3) is 5.10. The molecule has 0 aliphatic carbocycles. The van der Waals surface area contributed by atoms with E-state index in [0.29, 0.717) is 24.2 Å². The number of ether oxygens (including phenoxy) is 1.